The number of nitrogens with zero attached hydrogens (tertiary/aromatic N) is 1. The molecule has 5 nitrogen and oxygen atoms in total. The van der Waals surface area contributed by atoms with Gasteiger partial charge in [0, 0.05) is 17.2 Å². The molecule has 0 spiro atoms. The summed E-state index contributed by atoms with van der Waals surface area (Å²) in [5.41, 5.74) is 2.74. The van der Waals surface area contributed by atoms with Crippen LogP contribution in [0.5, 0.6) is 0 Å². The van der Waals surface area contributed by atoms with E-state index in [2.05, 4.69) is 29.6 Å². The Bertz CT molecular complexity index is 879. The summed E-state index contributed by atoms with van der Waals surface area (Å²) in [6.07, 6.45) is 1.52. The van der Waals surface area contributed by atoms with Crippen molar-refractivity contribution >= 4 is 33.4 Å². The van der Waals surface area contributed by atoms with Gasteiger partial charge in [-0.15, -0.1) is 11.8 Å². The Labute approximate surface area is 172 Å². The molecule has 1 atom stereocenters. The van der Waals surface area contributed by atoms with Crippen LogP contribution in [0.15, 0.2) is 53.4 Å². The molecule has 0 saturated heterocycles. The van der Waals surface area contributed by atoms with Gasteiger partial charge in [0.15, 0.2) is 0 Å². The van der Waals surface area contributed by atoms with Crippen molar-refractivity contribution in [3.63, 3.8) is 0 Å². The first-order valence-electron chi connectivity index (χ1n) is 9.25. The number of thioether (sulfide) groups is 1. The first-order valence-corrected chi connectivity index (χ1v) is 12.1. The lowest BCUT2D eigenvalue weighted by Gasteiger charge is -2.30. The Balaban J connectivity index is 2.02. The fourth-order valence-corrected chi connectivity index (χ4v) is 4.83. The molecule has 0 radical (unpaired) electrons. The fourth-order valence-electron chi connectivity index (χ4n) is 2.85. The summed E-state index contributed by atoms with van der Waals surface area (Å²) in [4.78, 5) is 13.9. The number of amides is 1. The van der Waals surface area contributed by atoms with Crippen LogP contribution < -0.4 is 9.62 Å². The molecule has 0 aliphatic heterocycles. The zero-order valence-electron chi connectivity index (χ0n) is 16.8. The molecule has 0 aromatic heterocycles. The molecule has 152 valence electrons. The topological polar surface area (TPSA) is 66.5 Å². The number of hydrogen-bond donors (Lipinski definition) is 1. The van der Waals surface area contributed by atoms with Crippen molar-refractivity contribution in [2.45, 2.75) is 38.1 Å². The van der Waals surface area contributed by atoms with Gasteiger partial charge in [0.25, 0.3) is 0 Å². The van der Waals surface area contributed by atoms with E-state index in [0.717, 1.165) is 16.7 Å². The molecular weight excluding hydrogens is 392 g/mol. The standard InChI is InChI=1S/C21H28N2O3S2/c1-5-20(23(28(4,25)26)18-10-6-16(2)7-11-18)21(24)22-14-15-27-19-12-8-17(3)9-13-19/h6-13,20H,5,14-15H2,1-4H3,(H,22,24)/t20-/m0/s1. The van der Waals surface area contributed by atoms with E-state index in [-0.39, 0.29) is 5.91 Å². The van der Waals surface area contributed by atoms with Crippen molar-refractivity contribution in [3.05, 3.63) is 59.7 Å². The predicted molar refractivity (Wildman–Crippen MR) is 117 cm³/mol. The average Bonchev–Trinajstić information content (AvgIpc) is 2.64. The van der Waals surface area contributed by atoms with Gasteiger partial charge in [-0.3, -0.25) is 9.10 Å². The summed E-state index contributed by atoms with van der Waals surface area (Å²) in [6, 6.07) is 14.6. The van der Waals surface area contributed by atoms with E-state index >= 15 is 0 Å². The molecule has 2 aromatic rings. The first-order chi connectivity index (χ1) is 13.2. The van der Waals surface area contributed by atoms with Crippen LogP contribution in [0.3, 0.4) is 0 Å². The largest absolute Gasteiger partial charge is 0.353 e. The van der Waals surface area contributed by atoms with Crippen molar-refractivity contribution in [1.29, 1.82) is 0 Å². The highest BCUT2D eigenvalue weighted by molar-refractivity contribution is 7.99. The lowest BCUT2D eigenvalue weighted by Crippen LogP contribution is -2.49. The van der Waals surface area contributed by atoms with Gasteiger partial charge in [-0.25, -0.2) is 8.42 Å². The van der Waals surface area contributed by atoms with Crippen molar-refractivity contribution in [2.24, 2.45) is 0 Å². The third kappa shape index (κ3) is 6.27. The second kappa shape index (κ2) is 9.98. The number of rotatable bonds is 9. The SMILES string of the molecule is CC[C@@H](C(=O)NCCSc1ccc(C)cc1)N(c1ccc(C)cc1)S(C)(=O)=O. The van der Waals surface area contributed by atoms with Gasteiger partial charge in [0.1, 0.15) is 6.04 Å². The molecular formula is C21H28N2O3S2. The van der Waals surface area contributed by atoms with E-state index in [1.54, 1.807) is 23.9 Å². The summed E-state index contributed by atoms with van der Waals surface area (Å²) in [7, 11) is -3.60. The van der Waals surface area contributed by atoms with Crippen molar-refractivity contribution in [2.75, 3.05) is 22.9 Å². The fraction of sp³-hybridized carbons (Fsp3) is 0.381. The van der Waals surface area contributed by atoms with Crippen LogP contribution >= 0.6 is 11.8 Å². The summed E-state index contributed by atoms with van der Waals surface area (Å²) >= 11 is 1.66. The minimum Gasteiger partial charge on any atom is -0.353 e. The maximum atomic E-state index is 12.7. The molecule has 2 rings (SSSR count). The van der Waals surface area contributed by atoms with Crippen LogP contribution in [0.2, 0.25) is 0 Å². The number of carbonyl (C=O) groups is 1. The highest BCUT2D eigenvalue weighted by Gasteiger charge is 2.31. The van der Waals surface area contributed by atoms with Crippen LogP contribution in [0, 0.1) is 13.8 Å². The Hall–Kier alpha value is -1.99. The van der Waals surface area contributed by atoms with Crippen LogP contribution in [-0.4, -0.2) is 38.9 Å². The third-order valence-electron chi connectivity index (χ3n) is 4.31. The molecule has 28 heavy (non-hydrogen) atoms. The summed E-state index contributed by atoms with van der Waals surface area (Å²) in [5.74, 6) is 0.437. The molecule has 2 aromatic carbocycles. The van der Waals surface area contributed by atoms with Crippen LogP contribution in [0.4, 0.5) is 5.69 Å². The van der Waals surface area contributed by atoms with Gasteiger partial charge in [0.2, 0.25) is 15.9 Å². The van der Waals surface area contributed by atoms with E-state index in [4.69, 9.17) is 0 Å². The summed E-state index contributed by atoms with van der Waals surface area (Å²) in [5, 5.41) is 2.88. The van der Waals surface area contributed by atoms with Crippen molar-refractivity contribution in [1.82, 2.24) is 5.32 Å². The molecule has 0 unspecified atom stereocenters. The Morgan fingerprint density at radius 3 is 2.07 bits per heavy atom. The normalized spacial score (nSPS) is 12.4. The van der Waals surface area contributed by atoms with Crippen LogP contribution in [-0.2, 0) is 14.8 Å². The number of anilines is 1. The third-order valence-corrected chi connectivity index (χ3v) is 6.50. The average molecular weight is 421 g/mol. The minimum absolute atomic E-state index is 0.280. The lowest BCUT2D eigenvalue weighted by molar-refractivity contribution is -0.122. The Kier molecular flexibility index (Phi) is 7.95. The lowest BCUT2D eigenvalue weighted by atomic mass is 10.1. The second-order valence-corrected chi connectivity index (χ2v) is 9.80. The number of carbonyl (C=O) groups excluding carboxylic acids is 1. The van der Waals surface area contributed by atoms with Crippen molar-refractivity contribution < 1.29 is 13.2 Å². The van der Waals surface area contributed by atoms with Gasteiger partial charge < -0.3 is 5.32 Å². The molecule has 0 heterocycles. The van der Waals surface area contributed by atoms with Gasteiger partial charge in [0.05, 0.1) is 11.9 Å². The molecule has 0 fully saturated rings. The molecule has 0 saturated carbocycles. The molecule has 0 bridgehead atoms. The molecule has 7 heteroatoms. The molecule has 1 N–H and O–H groups in total. The smallest absolute Gasteiger partial charge is 0.243 e. The molecule has 1 amide bonds. The number of nitrogens with one attached hydrogen (secondary N) is 1. The Morgan fingerprint density at radius 2 is 1.57 bits per heavy atom. The zero-order chi connectivity index (χ0) is 20.7. The maximum absolute atomic E-state index is 12.7. The maximum Gasteiger partial charge on any atom is 0.243 e. The minimum atomic E-state index is -3.60. The van der Waals surface area contributed by atoms with E-state index < -0.39 is 16.1 Å². The molecule has 0 aliphatic carbocycles. The zero-order valence-corrected chi connectivity index (χ0v) is 18.4. The number of sulfonamides is 1. The number of benzene rings is 2. The van der Waals surface area contributed by atoms with Gasteiger partial charge in [-0.2, -0.15) is 0 Å². The van der Waals surface area contributed by atoms with Crippen LogP contribution in [0.25, 0.3) is 0 Å². The van der Waals surface area contributed by atoms with Crippen LogP contribution in [0.1, 0.15) is 24.5 Å². The van der Waals surface area contributed by atoms with Gasteiger partial charge in [-0.05, 0) is 44.5 Å². The van der Waals surface area contributed by atoms with E-state index in [0.29, 0.717) is 24.4 Å². The van der Waals surface area contributed by atoms with Gasteiger partial charge in [-0.1, -0.05) is 42.3 Å². The Morgan fingerprint density at radius 1 is 1.04 bits per heavy atom. The summed E-state index contributed by atoms with van der Waals surface area (Å²) in [6.45, 7) is 6.27. The monoisotopic (exact) mass is 420 g/mol. The van der Waals surface area contributed by atoms with E-state index in [9.17, 15) is 13.2 Å². The van der Waals surface area contributed by atoms with Crippen molar-refractivity contribution in [3.8, 4) is 0 Å². The second-order valence-electron chi connectivity index (χ2n) is 6.77. The highest BCUT2D eigenvalue weighted by atomic mass is 32.2. The van der Waals surface area contributed by atoms with Gasteiger partial charge >= 0.3 is 0 Å². The highest BCUT2D eigenvalue weighted by Crippen LogP contribution is 2.23. The summed E-state index contributed by atoms with van der Waals surface area (Å²) < 4.78 is 26.0. The quantitative estimate of drug-likeness (QED) is 0.496. The molecule has 0 aliphatic rings. The van der Waals surface area contributed by atoms with E-state index in [1.165, 1.54) is 9.87 Å². The van der Waals surface area contributed by atoms with E-state index in [1.807, 2.05) is 32.9 Å². The number of aryl methyl sites for hydroxylation is 2. The first kappa shape index (κ1) is 22.3. The number of hydrogen-bond acceptors (Lipinski definition) is 4. The predicted octanol–water partition coefficient (Wildman–Crippen LogP) is 3.76.